The van der Waals surface area contributed by atoms with Gasteiger partial charge in [-0.05, 0) is 44.6 Å². The summed E-state index contributed by atoms with van der Waals surface area (Å²) in [6.45, 7) is 10.2. The third kappa shape index (κ3) is 10.1. The summed E-state index contributed by atoms with van der Waals surface area (Å²) in [5, 5.41) is 22.8. The van der Waals surface area contributed by atoms with E-state index in [-0.39, 0.29) is 48.8 Å². The normalized spacial score (nSPS) is 34.6. The summed E-state index contributed by atoms with van der Waals surface area (Å²) in [4.78, 5) is 23.3. The molecule has 2 aliphatic rings. The lowest BCUT2D eigenvalue weighted by molar-refractivity contribution is -0.150. The number of rotatable bonds is 10. The van der Waals surface area contributed by atoms with Crippen molar-refractivity contribution in [1.82, 2.24) is 5.32 Å². The predicted octanol–water partition coefficient (Wildman–Crippen LogP) is 4.38. The minimum absolute atomic E-state index is 0.0154. The molecule has 198 valence electrons. The number of alkyl halides is 1. The van der Waals surface area contributed by atoms with Crippen LogP contribution < -0.4 is 5.32 Å². The fourth-order valence-electron chi connectivity index (χ4n) is 4.62. The van der Waals surface area contributed by atoms with E-state index < -0.39 is 23.8 Å². The van der Waals surface area contributed by atoms with Crippen molar-refractivity contribution < 1.29 is 29.3 Å². The number of carbonyl (C=O) groups excluding carboxylic acids is 1. The van der Waals surface area contributed by atoms with Gasteiger partial charge in [-0.25, -0.2) is 0 Å². The smallest absolute Gasteiger partial charge is 0.305 e. The number of aliphatic hydroxyl groups is 1. The van der Waals surface area contributed by atoms with Crippen LogP contribution in [0.2, 0.25) is 0 Å². The quantitative estimate of drug-likeness (QED) is 0.228. The highest BCUT2D eigenvalue weighted by molar-refractivity contribution is 6.18. The number of aliphatic carboxylic acids is 1. The molecule has 2 aliphatic heterocycles. The average molecular weight is 512 g/mol. The van der Waals surface area contributed by atoms with Gasteiger partial charge in [0.2, 0.25) is 5.91 Å². The number of carboxylic acid groups (broad SMARTS) is 1. The van der Waals surface area contributed by atoms with E-state index in [1.807, 2.05) is 45.9 Å². The molecule has 3 N–H and O–H groups in total. The Balaban J connectivity index is 1.91. The first-order valence-electron chi connectivity index (χ1n) is 12.6. The summed E-state index contributed by atoms with van der Waals surface area (Å²) in [5.41, 5.74) is -0.106. The first-order valence-corrected chi connectivity index (χ1v) is 13.1. The molecule has 0 aromatic heterocycles. The Morgan fingerprint density at radius 1 is 1.20 bits per heavy atom. The lowest BCUT2D eigenvalue weighted by Crippen LogP contribution is -2.50. The second kappa shape index (κ2) is 13.6. The maximum Gasteiger partial charge on any atom is 0.305 e. The van der Waals surface area contributed by atoms with Crippen LogP contribution in [0.4, 0.5) is 0 Å². The number of amides is 1. The van der Waals surface area contributed by atoms with E-state index in [0.29, 0.717) is 12.3 Å². The monoisotopic (exact) mass is 511 g/mol. The first kappa shape index (κ1) is 29.6. The largest absolute Gasteiger partial charge is 0.481 e. The van der Waals surface area contributed by atoms with Crippen molar-refractivity contribution in [2.24, 2.45) is 11.8 Å². The van der Waals surface area contributed by atoms with Crippen LogP contribution in [0.25, 0.3) is 0 Å². The number of carbonyl (C=O) groups is 2. The first-order chi connectivity index (χ1) is 16.4. The van der Waals surface area contributed by atoms with Crippen molar-refractivity contribution >= 4 is 23.5 Å². The molecular formula is C27H42ClNO6. The van der Waals surface area contributed by atoms with Gasteiger partial charge in [0.1, 0.15) is 0 Å². The summed E-state index contributed by atoms with van der Waals surface area (Å²) in [6.07, 6.45) is 10.4. The van der Waals surface area contributed by atoms with E-state index in [2.05, 4.69) is 18.3 Å². The van der Waals surface area contributed by atoms with Crippen molar-refractivity contribution in [3.05, 3.63) is 36.0 Å². The highest BCUT2D eigenvalue weighted by atomic mass is 35.5. The molecule has 35 heavy (non-hydrogen) atoms. The van der Waals surface area contributed by atoms with Crippen molar-refractivity contribution in [3.63, 3.8) is 0 Å². The van der Waals surface area contributed by atoms with Crippen LogP contribution in [0, 0.1) is 11.8 Å². The minimum atomic E-state index is -1.13. The van der Waals surface area contributed by atoms with Gasteiger partial charge >= 0.3 is 5.97 Å². The standard InChI is InChI=1S/C27H42ClNO6/c1-17(2)6-11-25(30)29-23-12-19(4)24(34-20(23)5)10-8-18(3)7-9-21-14-27(33,16-28)15-22(35-21)13-26(31)32/h6-9,11,17,19-24,33H,10,12-16H2,1-5H3,(H,29,30)(H,31,32)/b9-7+,11-6-,18-8+/t19-,20+,21?,22?,23+,24-,27?/m0/s1. The number of carboxylic acids is 1. The van der Waals surface area contributed by atoms with E-state index in [1.165, 1.54) is 0 Å². The zero-order valence-electron chi connectivity index (χ0n) is 21.6. The van der Waals surface area contributed by atoms with Crippen LogP contribution in [-0.4, -0.2) is 64.0 Å². The van der Waals surface area contributed by atoms with Gasteiger partial charge in [-0.15, -0.1) is 11.6 Å². The fourth-order valence-corrected chi connectivity index (χ4v) is 4.83. The predicted molar refractivity (Wildman–Crippen MR) is 137 cm³/mol. The number of halogens is 1. The third-order valence-corrected chi connectivity index (χ3v) is 7.13. The Kier molecular flexibility index (Phi) is 11.5. The van der Waals surface area contributed by atoms with Crippen LogP contribution >= 0.6 is 11.6 Å². The van der Waals surface area contributed by atoms with Crippen LogP contribution in [-0.2, 0) is 19.1 Å². The zero-order chi connectivity index (χ0) is 26.2. The summed E-state index contributed by atoms with van der Waals surface area (Å²) < 4.78 is 12.1. The van der Waals surface area contributed by atoms with Gasteiger partial charge in [-0.1, -0.05) is 50.6 Å². The maximum atomic E-state index is 12.2. The molecule has 0 spiro atoms. The lowest BCUT2D eigenvalue weighted by atomic mass is 9.87. The van der Waals surface area contributed by atoms with E-state index in [1.54, 1.807) is 6.08 Å². The number of allylic oxidation sites excluding steroid dienone is 3. The molecule has 0 aromatic rings. The van der Waals surface area contributed by atoms with Gasteiger partial charge in [0.15, 0.2) is 0 Å². The molecule has 7 nitrogen and oxygen atoms in total. The Labute approximate surface area is 214 Å². The van der Waals surface area contributed by atoms with Crippen LogP contribution in [0.5, 0.6) is 0 Å². The molecule has 7 atom stereocenters. The molecule has 0 bridgehead atoms. The molecule has 0 aromatic carbocycles. The number of nitrogens with one attached hydrogen (secondary N) is 1. The van der Waals surface area contributed by atoms with Crippen LogP contribution in [0.3, 0.4) is 0 Å². The van der Waals surface area contributed by atoms with E-state index >= 15 is 0 Å². The summed E-state index contributed by atoms with van der Waals surface area (Å²) in [7, 11) is 0. The van der Waals surface area contributed by atoms with Gasteiger partial charge in [0.05, 0.1) is 48.4 Å². The van der Waals surface area contributed by atoms with Crippen molar-refractivity contribution in [2.45, 2.75) is 103 Å². The molecule has 0 saturated carbocycles. The molecule has 2 fully saturated rings. The second-order valence-electron chi connectivity index (χ2n) is 10.5. The zero-order valence-corrected chi connectivity index (χ0v) is 22.3. The molecule has 2 heterocycles. The summed E-state index contributed by atoms with van der Waals surface area (Å²) in [5.74, 6) is -0.387. The van der Waals surface area contributed by atoms with E-state index in [0.717, 1.165) is 18.4 Å². The summed E-state index contributed by atoms with van der Waals surface area (Å²) in [6, 6.07) is -0.0154. The highest BCUT2D eigenvalue weighted by Gasteiger charge is 2.39. The Hall–Kier alpha value is -1.67. The third-order valence-electron chi connectivity index (χ3n) is 6.63. The van der Waals surface area contributed by atoms with Gasteiger partial charge in [0.25, 0.3) is 0 Å². The fraction of sp³-hybridized carbons (Fsp3) is 0.704. The van der Waals surface area contributed by atoms with Gasteiger partial charge in [-0.3, -0.25) is 9.59 Å². The topological polar surface area (TPSA) is 105 Å². The van der Waals surface area contributed by atoms with Crippen molar-refractivity contribution in [2.75, 3.05) is 5.88 Å². The molecular weight excluding hydrogens is 470 g/mol. The highest BCUT2D eigenvalue weighted by Crippen LogP contribution is 2.32. The average Bonchev–Trinajstić information content (AvgIpc) is 2.76. The maximum absolute atomic E-state index is 12.2. The minimum Gasteiger partial charge on any atom is -0.481 e. The van der Waals surface area contributed by atoms with Crippen molar-refractivity contribution in [1.29, 1.82) is 0 Å². The molecule has 0 radical (unpaired) electrons. The number of hydrogen-bond acceptors (Lipinski definition) is 5. The SMILES string of the molecule is CC(/C=C/C1CC(O)(CCl)CC(CC(=O)O)O1)=C\C[C@@H]1O[C@H](C)[C@H](NC(=O)/C=C\C(C)C)C[C@@H]1C. The number of ether oxygens (including phenoxy) is 2. The summed E-state index contributed by atoms with van der Waals surface area (Å²) >= 11 is 5.95. The number of hydrogen-bond donors (Lipinski definition) is 3. The second-order valence-corrected chi connectivity index (χ2v) is 10.8. The van der Waals surface area contributed by atoms with Crippen LogP contribution in [0.15, 0.2) is 36.0 Å². The molecule has 8 heteroatoms. The molecule has 0 aliphatic carbocycles. The van der Waals surface area contributed by atoms with E-state index in [4.69, 9.17) is 26.2 Å². The van der Waals surface area contributed by atoms with Gasteiger partial charge < -0.3 is 25.0 Å². The molecule has 2 rings (SSSR count). The molecule has 1 amide bonds. The van der Waals surface area contributed by atoms with E-state index in [9.17, 15) is 14.7 Å². The molecule has 3 unspecified atom stereocenters. The Bertz CT molecular complexity index is 809. The molecule has 2 saturated heterocycles. The van der Waals surface area contributed by atoms with Crippen LogP contribution in [0.1, 0.15) is 66.7 Å². The van der Waals surface area contributed by atoms with Crippen molar-refractivity contribution in [3.8, 4) is 0 Å². The lowest BCUT2D eigenvalue weighted by Gasteiger charge is -2.39. The van der Waals surface area contributed by atoms with Gasteiger partial charge in [0, 0.05) is 12.8 Å². The Morgan fingerprint density at radius 3 is 2.54 bits per heavy atom. The Morgan fingerprint density at radius 2 is 1.91 bits per heavy atom. The van der Waals surface area contributed by atoms with Gasteiger partial charge in [-0.2, -0.15) is 0 Å².